The summed E-state index contributed by atoms with van der Waals surface area (Å²) in [4.78, 5) is 0. The van der Waals surface area contributed by atoms with Crippen LogP contribution in [0.3, 0.4) is 0 Å². The molecule has 0 unspecified atom stereocenters. The van der Waals surface area contributed by atoms with Crippen molar-refractivity contribution >= 4 is 0 Å². The van der Waals surface area contributed by atoms with Crippen LogP contribution in [0.1, 0.15) is 84.0 Å². The first-order chi connectivity index (χ1) is 7.83. The summed E-state index contributed by atoms with van der Waals surface area (Å²) in [6.07, 6.45) is 15.5. The van der Waals surface area contributed by atoms with E-state index in [1.54, 1.807) is 0 Å². The Balaban J connectivity index is 2.45. The molecule has 0 radical (unpaired) electrons. The molecule has 0 aromatic rings. The van der Waals surface area contributed by atoms with E-state index in [9.17, 15) is 5.26 Å². The highest BCUT2D eigenvalue weighted by Crippen LogP contribution is 2.34. The molecule has 0 heterocycles. The van der Waals surface area contributed by atoms with Crippen LogP contribution in [0.25, 0.3) is 0 Å². The first kappa shape index (κ1) is 13.6. The van der Waals surface area contributed by atoms with Crippen molar-refractivity contribution in [1.82, 2.24) is 0 Å². The molecule has 1 rings (SSSR count). The van der Waals surface area contributed by atoms with E-state index in [0.29, 0.717) is 0 Å². The van der Waals surface area contributed by atoms with Crippen LogP contribution in [0.4, 0.5) is 0 Å². The largest absolute Gasteiger partial charge is 0.198 e. The highest BCUT2D eigenvalue weighted by molar-refractivity contribution is 4.97. The molecule has 0 aromatic heterocycles. The summed E-state index contributed by atoms with van der Waals surface area (Å²) in [7, 11) is 0. The average Bonchev–Trinajstić information content (AvgIpc) is 2.31. The van der Waals surface area contributed by atoms with Crippen LogP contribution in [0.5, 0.6) is 0 Å². The van der Waals surface area contributed by atoms with Crippen molar-refractivity contribution in [3.8, 4) is 6.07 Å². The molecule has 0 spiro atoms. The van der Waals surface area contributed by atoms with Gasteiger partial charge in [0.2, 0.25) is 0 Å². The van der Waals surface area contributed by atoms with Crippen molar-refractivity contribution in [2.45, 2.75) is 84.0 Å². The van der Waals surface area contributed by atoms with Gasteiger partial charge in [-0.1, -0.05) is 64.7 Å². The molecular formula is C15H27N. The van der Waals surface area contributed by atoms with E-state index in [4.69, 9.17) is 0 Å². The molecular weight excluding hydrogens is 194 g/mol. The van der Waals surface area contributed by atoms with Crippen LogP contribution >= 0.6 is 0 Å². The Hall–Kier alpha value is -0.510. The molecule has 1 saturated carbocycles. The van der Waals surface area contributed by atoms with Gasteiger partial charge in [0.25, 0.3) is 0 Å². The average molecular weight is 221 g/mol. The lowest BCUT2D eigenvalue weighted by Gasteiger charge is -2.25. The van der Waals surface area contributed by atoms with Crippen LogP contribution in [0.2, 0.25) is 0 Å². The molecule has 0 aliphatic heterocycles. The lowest BCUT2D eigenvalue weighted by atomic mass is 9.77. The minimum Gasteiger partial charge on any atom is -0.198 e. The maximum absolute atomic E-state index is 9.40. The lowest BCUT2D eigenvalue weighted by molar-refractivity contribution is 0.293. The molecule has 1 heteroatoms. The fourth-order valence-corrected chi connectivity index (χ4v) is 2.83. The molecule has 0 atom stereocenters. The van der Waals surface area contributed by atoms with Crippen molar-refractivity contribution in [3.63, 3.8) is 0 Å². The van der Waals surface area contributed by atoms with E-state index in [-0.39, 0.29) is 5.41 Å². The van der Waals surface area contributed by atoms with Gasteiger partial charge >= 0.3 is 0 Å². The van der Waals surface area contributed by atoms with E-state index in [1.165, 1.54) is 57.8 Å². The third kappa shape index (κ3) is 4.56. The zero-order valence-electron chi connectivity index (χ0n) is 10.9. The molecule has 1 fully saturated rings. The van der Waals surface area contributed by atoms with Gasteiger partial charge in [-0.15, -0.1) is 0 Å². The molecule has 0 saturated heterocycles. The quantitative estimate of drug-likeness (QED) is 0.596. The molecule has 1 nitrogen and oxygen atoms in total. The molecule has 1 aliphatic carbocycles. The minimum atomic E-state index is 0.0131. The van der Waals surface area contributed by atoms with Gasteiger partial charge < -0.3 is 0 Å². The van der Waals surface area contributed by atoms with Crippen LogP contribution in [0.15, 0.2) is 0 Å². The summed E-state index contributed by atoms with van der Waals surface area (Å²) in [5, 5.41) is 9.40. The standard InChI is InChI=1S/C15H27N/c1-2-15(14-16)12-10-8-6-4-3-5-7-9-11-13-15/h2-13H2,1H3. The highest BCUT2D eigenvalue weighted by Gasteiger charge is 2.26. The Kier molecular flexibility index (Phi) is 6.53. The van der Waals surface area contributed by atoms with Crippen LogP contribution in [-0.2, 0) is 0 Å². The van der Waals surface area contributed by atoms with Crippen molar-refractivity contribution in [2.24, 2.45) is 5.41 Å². The fraction of sp³-hybridized carbons (Fsp3) is 0.933. The second kappa shape index (κ2) is 7.71. The zero-order chi connectivity index (χ0) is 11.7. The summed E-state index contributed by atoms with van der Waals surface area (Å²) < 4.78 is 0. The van der Waals surface area contributed by atoms with Gasteiger partial charge in [0.05, 0.1) is 11.5 Å². The molecule has 16 heavy (non-hydrogen) atoms. The monoisotopic (exact) mass is 221 g/mol. The smallest absolute Gasteiger partial charge is 0.0689 e. The second-order valence-corrected chi connectivity index (χ2v) is 5.43. The van der Waals surface area contributed by atoms with Crippen LogP contribution in [-0.4, -0.2) is 0 Å². The summed E-state index contributed by atoms with van der Waals surface area (Å²) >= 11 is 0. The van der Waals surface area contributed by atoms with Crippen molar-refractivity contribution in [3.05, 3.63) is 0 Å². The Bertz CT molecular complexity index is 202. The van der Waals surface area contributed by atoms with E-state index in [0.717, 1.165) is 19.3 Å². The van der Waals surface area contributed by atoms with Crippen molar-refractivity contribution in [1.29, 1.82) is 5.26 Å². The maximum Gasteiger partial charge on any atom is 0.0689 e. The van der Waals surface area contributed by atoms with Crippen LogP contribution in [0, 0.1) is 16.7 Å². The van der Waals surface area contributed by atoms with Crippen LogP contribution < -0.4 is 0 Å². The van der Waals surface area contributed by atoms with E-state index < -0.39 is 0 Å². The predicted molar refractivity (Wildman–Crippen MR) is 69.1 cm³/mol. The van der Waals surface area contributed by atoms with Gasteiger partial charge in [-0.2, -0.15) is 5.26 Å². The number of hydrogen-bond donors (Lipinski definition) is 0. The first-order valence-electron chi connectivity index (χ1n) is 7.24. The van der Waals surface area contributed by atoms with E-state index in [2.05, 4.69) is 13.0 Å². The predicted octanol–water partition coefficient (Wildman–Crippen LogP) is 5.21. The molecule has 0 amide bonds. The molecule has 0 aromatic carbocycles. The summed E-state index contributed by atoms with van der Waals surface area (Å²) in [6.45, 7) is 2.19. The highest BCUT2D eigenvalue weighted by atomic mass is 14.4. The Morgan fingerprint density at radius 3 is 1.50 bits per heavy atom. The fourth-order valence-electron chi connectivity index (χ4n) is 2.83. The number of nitriles is 1. The first-order valence-corrected chi connectivity index (χ1v) is 7.24. The third-order valence-electron chi connectivity index (χ3n) is 4.22. The normalized spacial score (nSPS) is 23.8. The molecule has 0 bridgehead atoms. The summed E-state index contributed by atoms with van der Waals surface area (Å²) in [5.74, 6) is 0. The van der Waals surface area contributed by atoms with Crippen molar-refractivity contribution in [2.75, 3.05) is 0 Å². The maximum atomic E-state index is 9.40. The van der Waals surface area contributed by atoms with Crippen molar-refractivity contribution < 1.29 is 0 Å². The third-order valence-corrected chi connectivity index (χ3v) is 4.22. The lowest BCUT2D eigenvalue weighted by Crippen LogP contribution is -2.17. The molecule has 1 aliphatic rings. The Morgan fingerprint density at radius 1 is 0.812 bits per heavy atom. The SMILES string of the molecule is CCC1(C#N)CCCCCCCCCCC1. The molecule has 92 valence electrons. The zero-order valence-corrected chi connectivity index (χ0v) is 10.9. The second-order valence-electron chi connectivity index (χ2n) is 5.43. The van der Waals surface area contributed by atoms with Gasteiger partial charge in [-0.05, 0) is 19.3 Å². The number of rotatable bonds is 1. The van der Waals surface area contributed by atoms with Gasteiger partial charge in [0, 0.05) is 0 Å². The van der Waals surface area contributed by atoms with E-state index in [1.807, 2.05) is 0 Å². The Morgan fingerprint density at radius 2 is 1.19 bits per heavy atom. The van der Waals surface area contributed by atoms with Gasteiger partial charge in [-0.3, -0.25) is 0 Å². The molecule has 0 N–H and O–H groups in total. The minimum absolute atomic E-state index is 0.0131. The topological polar surface area (TPSA) is 23.8 Å². The van der Waals surface area contributed by atoms with Gasteiger partial charge in [-0.25, -0.2) is 0 Å². The van der Waals surface area contributed by atoms with Gasteiger partial charge in [0.1, 0.15) is 0 Å². The Labute approximate surface area is 101 Å². The van der Waals surface area contributed by atoms with Gasteiger partial charge in [0.15, 0.2) is 0 Å². The summed E-state index contributed by atoms with van der Waals surface area (Å²) in [6, 6.07) is 2.62. The summed E-state index contributed by atoms with van der Waals surface area (Å²) in [5.41, 5.74) is 0.0131. The number of nitrogens with zero attached hydrogens (tertiary/aromatic N) is 1. The number of hydrogen-bond acceptors (Lipinski definition) is 1. The van der Waals surface area contributed by atoms with E-state index >= 15 is 0 Å².